The highest BCUT2D eigenvalue weighted by Gasteiger charge is 2.48. The number of hydrogen-bond donors (Lipinski definition) is 3. The van der Waals surface area contributed by atoms with E-state index in [1.165, 1.54) is 0 Å². The lowest BCUT2D eigenvalue weighted by atomic mass is 9.85. The van der Waals surface area contributed by atoms with Crippen LogP contribution >= 0.6 is 11.6 Å². The molecule has 0 aliphatic carbocycles. The van der Waals surface area contributed by atoms with Gasteiger partial charge in [-0.1, -0.05) is 12.5 Å². The van der Waals surface area contributed by atoms with Crippen LogP contribution in [0, 0.1) is 11.8 Å². The maximum Gasteiger partial charge on any atom is 0.411 e. The van der Waals surface area contributed by atoms with Crippen LogP contribution in [0.25, 0.3) is 0 Å². The van der Waals surface area contributed by atoms with Crippen molar-refractivity contribution in [3.63, 3.8) is 0 Å². The van der Waals surface area contributed by atoms with Crippen LogP contribution in [0.3, 0.4) is 0 Å². The molecule has 2 fully saturated rings. The Balaban J connectivity index is 1.84. The summed E-state index contributed by atoms with van der Waals surface area (Å²) in [6, 6.07) is 0. The van der Waals surface area contributed by atoms with Gasteiger partial charge in [0.25, 0.3) is 0 Å². The van der Waals surface area contributed by atoms with Crippen molar-refractivity contribution in [3.05, 3.63) is 11.6 Å². The van der Waals surface area contributed by atoms with E-state index in [0.717, 1.165) is 6.08 Å². The molecule has 2 rings (SSSR count). The van der Waals surface area contributed by atoms with E-state index in [4.69, 9.17) is 21.1 Å². The first kappa shape index (κ1) is 22.3. The summed E-state index contributed by atoms with van der Waals surface area (Å²) in [5, 5.41) is 30.4. The third kappa shape index (κ3) is 6.23. The Morgan fingerprint density at radius 3 is 2.52 bits per heavy atom. The van der Waals surface area contributed by atoms with Crippen molar-refractivity contribution >= 4 is 23.0 Å². The first-order valence-electron chi connectivity index (χ1n) is 8.99. The number of hydrogen-bond acceptors (Lipinski definition) is 8. The molecule has 9 heteroatoms. The van der Waals surface area contributed by atoms with E-state index in [-0.39, 0.29) is 37.1 Å². The van der Waals surface area contributed by atoms with E-state index in [9.17, 15) is 24.9 Å². The minimum atomic E-state index is -1.22. The Kier molecular flexibility index (Phi) is 7.79. The topological polar surface area (TPSA) is 126 Å². The Labute approximate surface area is 163 Å². The molecule has 0 saturated carbocycles. The number of aliphatic hydroxyl groups is 3. The fraction of sp³-hybridized carbons (Fsp3) is 0.778. The molecule has 0 aromatic rings. The number of halogens is 1. The van der Waals surface area contributed by atoms with Gasteiger partial charge in [-0.15, -0.1) is 0 Å². The quantitative estimate of drug-likeness (QED) is 0.189. The van der Waals surface area contributed by atoms with Crippen LogP contribution in [0.4, 0.5) is 4.79 Å². The zero-order chi connectivity index (χ0) is 20.3. The lowest BCUT2D eigenvalue weighted by molar-refractivity contribution is -0.165. The first-order valence-corrected chi connectivity index (χ1v) is 9.37. The van der Waals surface area contributed by atoms with Crippen LogP contribution in [-0.4, -0.2) is 69.9 Å². The van der Waals surface area contributed by atoms with E-state index in [0.29, 0.717) is 12.0 Å². The second-order valence-electron chi connectivity index (χ2n) is 7.44. The Morgan fingerprint density at radius 2 is 1.93 bits per heavy atom. The smallest absolute Gasteiger partial charge is 0.393 e. The van der Waals surface area contributed by atoms with Crippen LogP contribution < -0.4 is 0 Å². The third-order valence-electron chi connectivity index (χ3n) is 5.24. The number of ether oxygens (including phenoxy) is 3. The van der Waals surface area contributed by atoms with E-state index in [1.807, 2.05) is 6.92 Å². The minimum Gasteiger partial charge on any atom is -0.393 e. The fourth-order valence-corrected chi connectivity index (χ4v) is 3.47. The van der Waals surface area contributed by atoms with Crippen molar-refractivity contribution in [3.8, 4) is 0 Å². The lowest BCUT2D eigenvalue weighted by Gasteiger charge is -2.38. The van der Waals surface area contributed by atoms with Gasteiger partial charge < -0.3 is 29.5 Å². The van der Waals surface area contributed by atoms with E-state index >= 15 is 0 Å². The van der Waals surface area contributed by atoms with E-state index in [1.54, 1.807) is 13.8 Å². The Morgan fingerprint density at radius 1 is 1.26 bits per heavy atom. The van der Waals surface area contributed by atoms with Crippen molar-refractivity contribution in [2.24, 2.45) is 11.8 Å². The van der Waals surface area contributed by atoms with Crippen LogP contribution in [0.5, 0.6) is 0 Å². The average molecular weight is 407 g/mol. The molecule has 27 heavy (non-hydrogen) atoms. The lowest BCUT2D eigenvalue weighted by Crippen LogP contribution is -2.50. The fourth-order valence-electron chi connectivity index (χ4n) is 3.40. The molecule has 2 heterocycles. The third-order valence-corrected chi connectivity index (χ3v) is 5.32. The highest BCUT2D eigenvalue weighted by Crippen LogP contribution is 2.38. The number of rotatable bonds is 7. The molecular weight excluding hydrogens is 380 g/mol. The van der Waals surface area contributed by atoms with Crippen LogP contribution in [0.1, 0.15) is 33.6 Å². The van der Waals surface area contributed by atoms with Gasteiger partial charge in [0.1, 0.15) is 6.10 Å². The van der Waals surface area contributed by atoms with Gasteiger partial charge in [0.05, 0.1) is 37.1 Å². The standard InChI is InChI=1S/C18H27ClO8/c1-8(5-14(21)27-18(19)24)4-12-16(23)15(22)11(7-25-12)6-13-17(26-13)9(2)10(3)20/h5,9-13,15-17,20,22-23H,4,6-7H2,1-3H3/b8-5+/t9-,10-,11-,12-,13-,15+,16-,17-/m0/s1. The minimum absolute atomic E-state index is 0.00161. The SMILES string of the molecule is C/C(=C\C(=O)OC(=O)Cl)C[C@@H]1OC[C@H](C[C@@H]2O[C@H]2[C@@H](C)[C@H](C)O)[C@@H](O)[C@H]1O. The molecule has 2 aliphatic heterocycles. The Hall–Kier alpha value is -1.03. The molecule has 0 bridgehead atoms. The van der Waals surface area contributed by atoms with E-state index < -0.39 is 35.8 Å². The maximum atomic E-state index is 11.4. The molecule has 0 unspecified atom stereocenters. The molecule has 2 aliphatic rings. The molecular formula is C18H27ClO8. The first-order chi connectivity index (χ1) is 12.6. The van der Waals surface area contributed by atoms with Gasteiger partial charge in [-0.25, -0.2) is 9.59 Å². The second-order valence-corrected chi connectivity index (χ2v) is 7.75. The molecule has 0 spiro atoms. The summed E-state index contributed by atoms with van der Waals surface area (Å²) in [6.07, 6.45) is -1.56. The van der Waals surface area contributed by atoms with Crippen molar-refractivity contribution in [1.82, 2.24) is 0 Å². The van der Waals surface area contributed by atoms with Gasteiger partial charge in [0, 0.05) is 29.5 Å². The zero-order valence-corrected chi connectivity index (χ0v) is 16.3. The van der Waals surface area contributed by atoms with Gasteiger partial charge in [0.15, 0.2) is 0 Å². The molecule has 0 aromatic carbocycles. The van der Waals surface area contributed by atoms with Crippen molar-refractivity contribution in [2.75, 3.05) is 6.61 Å². The second kappa shape index (κ2) is 9.45. The molecule has 8 nitrogen and oxygen atoms in total. The number of carbonyl (C=O) groups excluding carboxylic acids is 2. The monoisotopic (exact) mass is 406 g/mol. The number of aliphatic hydroxyl groups excluding tert-OH is 3. The van der Waals surface area contributed by atoms with Gasteiger partial charge in [0.2, 0.25) is 0 Å². The summed E-state index contributed by atoms with van der Waals surface area (Å²) >= 11 is 4.97. The van der Waals surface area contributed by atoms with E-state index in [2.05, 4.69) is 4.74 Å². The van der Waals surface area contributed by atoms with Crippen molar-refractivity contribution < 1.29 is 39.1 Å². The molecule has 154 valence electrons. The van der Waals surface area contributed by atoms with Crippen LogP contribution in [0.2, 0.25) is 0 Å². The summed E-state index contributed by atoms with van der Waals surface area (Å²) in [7, 11) is 0. The highest BCUT2D eigenvalue weighted by molar-refractivity contribution is 6.62. The summed E-state index contributed by atoms with van der Waals surface area (Å²) in [6.45, 7) is 5.49. The molecule has 0 aromatic heterocycles. The zero-order valence-electron chi connectivity index (χ0n) is 15.6. The van der Waals surface area contributed by atoms with Crippen LogP contribution in [0.15, 0.2) is 11.6 Å². The molecule has 2 saturated heterocycles. The predicted octanol–water partition coefficient (Wildman–Crippen LogP) is 1.14. The van der Waals surface area contributed by atoms with Gasteiger partial charge in [-0.05, 0) is 26.7 Å². The van der Waals surface area contributed by atoms with Gasteiger partial charge in [-0.2, -0.15) is 0 Å². The highest BCUT2D eigenvalue weighted by atomic mass is 35.5. The summed E-state index contributed by atoms with van der Waals surface area (Å²) in [5.74, 6) is -1.18. The van der Waals surface area contributed by atoms with Gasteiger partial charge in [-0.3, -0.25) is 0 Å². The maximum absolute atomic E-state index is 11.4. The van der Waals surface area contributed by atoms with Crippen molar-refractivity contribution in [1.29, 1.82) is 0 Å². The van der Waals surface area contributed by atoms with Crippen molar-refractivity contribution in [2.45, 2.75) is 70.2 Å². The molecule has 8 atom stereocenters. The average Bonchev–Trinajstić information content (AvgIpc) is 3.31. The predicted molar refractivity (Wildman–Crippen MR) is 95.1 cm³/mol. The molecule has 0 radical (unpaired) electrons. The largest absolute Gasteiger partial charge is 0.411 e. The summed E-state index contributed by atoms with van der Waals surface area (Å²) in [4.78, 5) is 21.9. The normalized spacial score (nSPS) is 36.0. The molecule has 3 N–H and O–H groups in total. The van der Waals surface area contributed by atoms with Gasteiger partial charge >= 0.3 is 11.4 Å². The molecule has 0 amide bonds. The number of carbonyl (C=O) groups is 2. The Bertz CT molecular complexity index is 578. The van der Waals surface area contributed by atoms with Crippen LogP contribution in [-0.2, 0) is 19.0 Å². The number of epoxide rings is 1. The number of esters is 1. The summed E-state index contributed by atoms with van der Waals surface area (Å²) < 4.78 is 15.5. The summed E-state index contributed by atoms with van der Waals surface area (Å²) in [5.41, 5.74) is -0.703.